The molecule has 1 aromatic rings. The van der Waals surface area contributed by atoms with E-state index >= 15 is 0 Å². The van der Waals surface area contributed by atoms with Crippen LogP contribution in [-0.2, 0) is 9.84 Å². The van der Waals surface area contributed by atoms with Crippen molar-refractivity contribution in [1.82, 2.24) is 5.32 Å². The third kappa shape index (κ3) is 4.97. The molecule has 0 fully saturated rings. The molecule has 20 heavy (non-hydrogen) atoms. The Morgan fingerprint density at radius 2 is 1.85 bits per heavy atom. The number of anilines is 2. The normalized spacial score (nSPS) is 11.5. The Hall–Kier alpha value is -1.35. The second kappa shape index (κ2) is 8.05. The molecule has 0 saturated heterocycles. The highest BCUT2D eigenvalue weighted by atomic mass is 32.2. The third-order valence-corrected chi connectivity index (χ3v) is 4.33. The van der Waals surface area contributed by atoms with Gasteiger partial charge in [0.15, 0.2) is 9.84 Å². The lowest BCUT2D eigenvalue weighted by molar-refractivity contribution is 0.293. The summed E-state index contributed by atoms with van der Waals surface area (Å²) in [7, 11) is -3.56. The van der Waals surface area contributed by atoms with Gasteiger partial charge in [-0.05, 0) is 18.2 Å². The number of rotatable bonds is 9. The molecule has 0 heterocycles. The molecule has 114 valence electrons. The summed E-state index contributed by atoms with van der Waals surface area (Å²) in [4.78, 5) is 0.0914. The van der Waals surface area contributed by atoms with E-state index in [0.717, 1.165) is 0 Å². The van der Waals surface area contributed by atoms with E-state index in [1.165, 1.54) is 6.07 Å². The molecule has 0 radical (unpaired) electrons. The molecule has 0 spiro atoms. The van der Waals surface area contributed by atoms with E-state index in [9.17, 15) is 8.42 Å². The summed E-state index contributed by atoms with van der Waals surface area (Å²) in [5, 5.41) is 23.4. The molecule has 0 saturated carbocycles. The standard InChI is InChI=1S/C12H21N3O4S/c13-10-1-2-11(15-4-3-14-5-6-16)12(9-10)20(18,19)8-7-17/h1-2,9,14-17H,3-8,13H2. The predicted octanol–water partition coefficient (Wildman–Crippen LogP) is -0.971. The molecule has 0 bridgehead atoms. The molecule has 0 aliphatic rings. The third-order valence-electron chi connectivity index (χ3n) is 2.61. The zero-order valence-electron chi connectivity index (χ0n) is 11.2. The molecule has 1 aromatic carbocycles. The van der Waals surface area contributed by atoms with Gasteiger partial charge in [0.1, 0.15) is 0 Å². The van der Waals surface area contributed by atoms with Crippen LogP contribution in [0.1, 0.15) is 0 Å². The van der Waals surface area contributed by atoms with Gasteiger partial charge in [0.05, 0.1) is 29.5 Å². The van der Waals surface area contributed by atoms with Gasteiger partial charge in [-0.1, -0.05) is 0 Å². The minimum atomic E-state index is -3.56. The van der Waals surface area contributed by atoms with Crippen LogP contribution in [0.15, 0.2) is 23.1 Å². The lowest BCUT2D eigenvalue weighted by Crippen LogP contribution is -2.25. The Kier molecular flexibility index (Phi) is 6.73. The van der Waals surface area contributed by atoms with E-state index in [0.29, 0.717) is 31.0 Å². The van der Waals surface area contributed by atoms with Crippen LogP contribution in [-0.4, -0.2) is 57.2 Å². The van der Waals surface area contributed by atoms with Gasteiger partial charge in [0, 0.05) is 25.3 Å². The number of hydrogen-bond acceptors (Lipinski definition) is 7. The van der Waals surface area contributed by atoms with Crippen LogP contribution < -0.4 is 16.4 Å². The Morgan fingerprint density at radius 3 is 2.50 bits per heavy atom. The van der Waals surface area contributed by atoms with Crippen LogP contribution in [0.2, 0.25) is 0 Å². The van der Waals surface area contributed by atoms with Gasteiger partial charge in [-0.25, -0.2) is 8.42 Å². The highest BCUT2D eigenvalue weighted by Gasteiger charge is 2.18. The quantitative estimate of drug-likeness (QED) is 0.293. The second-order valence-electron chi connectivity index (χ2n) is 4.20. The van der Waals surface area contributed by atoms with Gasteiger partial charge in [-0.3, -0.25) is 0 Å². The first-order valence-electron chi connectivity index (χ1n) is 6.30. The fraction of sp³-hybridized carbons (Fsp3) is 0.500. The molecule has 7 nitrogen and oxygen atoms in total. The van der Waals surface area contributed by atoms with E-state index in [1.54, 1.807) is 12.1 Å². The van der Waals surface area contributed by atoms with Crippen LogP contribution in [0.3, 0.4) is 0 Å². The van der Waals surface area contributed by atoms with Gasteiger partial charge < -0.3 is 26.6 Å². The average Bonchev–Trinajstić information content (AvgIpc) is 2.40. The number of aliphatic hydroxyl groups is 2. The predicted molar refractivity (Wildman–Crippen MR) is 78.4 cm³/mol. The summed E-state index contributed by atoms with van der Waals surface area (Å²) >= 11 is 0. The number of nitrogen functional groups attached to an aromatic ring is 1. The van der Waals surface area contributed by atoms with Gasteiger partial charge in [0.2, 0.25) is 0 Å². The number of hydrogen-bond donors (Lipinski definition) is 5. The van der Waals surface area contributed by atoms with E-state index in [-0.39, 0.29) is 17.3 Å². The maximum atomic E-state index is 12.0. The number of aliphatic hydroxyl groups excluding tert-OH is 2. The van der Waals surface area contributed by atoms with Crippen LogP contribution in [0.5, 0.6) is 0 Å². The zero-order valence-corrected chi connectivity index (χ0v) is 12.0. The van der Waals surface area contributed by atoms with Crippen LogP contribution >= 0.6 is 0 Å². The molecule has 0 atom stereocenters. The first-order chi connectivity index (χ1) is 9.51. The fourth-order valence-corrected chi connectivity index (χ4v) is 2.91. The lowest BCUT2D eigenvalue weighted by Gasteiger charge is -2.13. The Balaban J connectivity index is 2.80. The second-order valence-corrected chi connectivity index (χ2v) is 6.28. The van der Waals surface area contributed by atoms with E-state index in [1.807, 2.05) is 0 Å². The van der Waals surface area contributed by atoms with E-state index in [2.05, 4.69) is 10.6 Å². The van der Waals surface area contributed by atoms with Gasteiger partial charge in [-0.15, -0.1) is 0 Å². The molecule has 0 unspecified atom stereocenters. The summed E-state index contributed by atoms with van der Waals surface area (Å²) in [6.45, 7) is 1.20. The van der Waals surface area contributed by atoms with Crippen molar-refractivity contribution in [2.75, 3.05) is 49.7 Å². The Bertz CT molecular complexity index is 519. The summed E-state index contributed by atoms with van der Waals surface area (Å²) < 4.78 is 24.1. The SMILES string of the molecule is Nc1ccc(NCCNCCO)c(S(=O)(=O)CCO)c1. The molecule has 1 rings (SSSR count). The van der Waals surface area contributed by atoms with Crippen molar-refractivity contribution in [3.05, 3.63) is 18.2 Å². The molecule has 0 amide bonds. The van der Waals surface area contributed by atoms with Crippen molar-refractivity contribution >= 4 is 21.2 Å². The highest BCUT2D eigenvalue weighted by molar-refractivity contribution is 7.91. The molecular formula is C12H21N3O4S. The first kappa shape index (κ1) is 16.7. The van der Waals surface area contributed by atoms with Crippen molar-refractivity contribution in [3.8, 4) is 0 Å². The van der Waals surface area contributed by atoms with Crippen molar-refractivity contribution in [2.45, 2.75) is 4.90 Å². The van der Waals surface area contributed by atoms with Gasteiger partial charge in [0.25, 0.3) is 0 Å². The number of benzene rings is 1. The average molecular weight is 303 g/mol. The zero-order chi connectivity index (χ0) is 15.0. The van der Waals surface area contributed by atoms with Gasteiger partial charge in [-0.2, -0.15) is 0 Å². The molecule has 8 heteroatoms. The number of sulfone groups is 1. The summed E-state index contributed by atoms with van der Waals surface area (Å²) in [5.41, 5.74) is 6.43. The minimum Gasteiger partial charge on any atom is -0.399 e. The topological polar surface area (TPSA) is 125 Å². The van der Waals surface area contributed by atoms with Gasteiger partial charge >= 0.3 is 0 Å². The largest absolute Gasteiger partial charge is 0.399 e. The summed E-state index contributed by atoms with van der Waals surface area (Å²) in [6, 6.07) is 4.60. The van der Waals surface area contributed by atoms with Crippen LogP contribution in [0.4, 0.5) is 11.4 Å². The fourth-order valence-electron chi connectivity index (χ4n) is 1.66. The summed E-state index contributed by atoms with van der Waals surface area (Å²) in [6.07, 6.45) is 0. The highest BCUT2D eigenvalue weighted by Crippen LogP contribution is 2.24. The number of nitrogens with two attached hydrogens (primary N) is 1. The molecule has 0 aromatic heterocycles. The van der Waals surface area contributed by atoms with Crippen molar-refractivity contribution < 1.29 is 18.6 Å². The maximum Gasteiger partial charge on any atom is 0.182 e. The minimum absolute atomic E-state index is 0.0536. The Morgan fingerprint density at radius 1 is 1.10 bits per heavy atom. The molecule has 0 aliphatic heterocycles. The van der Waals surface area contributed by atoms with Crippen LogP contribution in [0, 0.1) is 0 Å². The van der Waals surface area contributed by atoms with Crippen molar-refractivity contribution in [3.63, 3.8) is 0 Å². The van der Waals surface area contributed by atoms with Crippen LogP contribution in [0.25, 0.3) is 0 Å². The maximum absolute atomic E-state index is 12.0. The molecular weight excluding hydrogens is 282 g/mol. The lowest BCUT2D eigenvalue weighted by atomic mass is 10.3. The molecule has 6 N–H and O–H groups in total. The van der Waals surface area contributed by atoms with Crippen molar-refractivity contribution in [1.29, 1.82) is 0 Å². The Labute approximate surface area is 118 Å². The monoisotopic (exact) mass is 303 g/mol. The smallest absolute Gasteiger partial charge is 0.182 e. The summed E-state index contributed by atoms with van der Waals surface area (Å²) in [5.74, 6) is -0.339. The van der Waals surface area contributed by atoms with E-state index < -0.39 is 16.4 Å². The number of nitrogens with one attached hydrogen (secondary N) is 2. The first-order valence-corrected chi connectivity index (χ1v) is 7.95. The van der Waals surface area contributed by atoms with E-state index in [4.69, 9.17) is 15.9 Å². The van der Waals surface area contributed by atoms with Crippen molar-refractivity contribution in [2.24, 2.45) is 0 Å². The molecule has 0 aliphatic carbocycles.